The molecule has 0 bridgehead atoms. The highest BCUT2D eigenvalue weighted by Gasteiger charge is 2.42. The van der Waals surface area contributed by atoms with Crippen molar-refractivity contribution >= 4 is 17.7 Å². The van der Waals surface area contributed by atoms with E-state index in [0.29, 0.717) is 24.6 Å². The lowest BCUT2D eigenvalue weighted by Gasteiger charge is -2.46. The van der Waals surface area contributed by atoms with Crippen LogP contribution in [0.15, 0.2) is 24.3 Å². The molecule has 5 heteroatoms. The Morgan fingerprint density at radius 1 is 1.40 bits per heavy atom. The fraction of sp³-hybridized carbons (Fsp3) is 0.533. The van der Waals surface area contributed by atoms with E-state index < -0.39 is 5.60 Å². The van der Waals surface area contributed by atoms with E-state index in [4.69, 9.17) is 0 Å². The van der Waals surface area contributed by atoms with Crippen molar-refractivity contribution in [1.82, 2.24) is 4.90 Å². The Bertz CT molecular complexity index is 457. The summed E-state index contributed by atoms with van der Waals surface area (Å²) in [5.41, 5.74) is 0.349. The molecule has 0 aromatic heterocycles. The van der Waals surface area contributed by atoms with Gasteiger partial charge in [0.2, 0.25) is 5.91 Å². The number of aliphatic hydroxyl groups is 1. The van der Waals surface area contributed by atoms with Crippen LogP contribution in [0.2, 0.25) is 0 Å². The molecule has 0 unspecified atom stereocenters. The summed E-state index contributed by atoms with van der Waals surface area (Å²) in [6, 6.07) is 6.32. The number of rotatable bonds is 6. The number of carbonyl (C=O) groups excluding carboxylic acids is 1. The van der Waals surface area contributed by atoms with Crippen molar-refractivity contribution in [2.45, 2.75) is 31.1 Å². The molecule has 1 saturated heterocycles. The zero-order chi connectivity index (χ0) is 14.6. The van der Waals surface area contributed by atoms with Gasteiger partial charge in [0.1, 0.15) is 5.82 Å². The van der Waals surface area contributed by atoms with Crippen LogP contribution in [0.5, 0.6) is 0 Å². The Morgan fingerprint density at radius 3 is 2.65 bits per heavy atom. The van der Waals surface area contributed by atoms with Gasteiger partial charge in [0.25, 0.3) is 0 Å². The summed E-state index contributed by atoms with van der Waals surface area (Å²) < 4.78 is 12.7. The fourth-order valence-corrected chi connectivity index (χ4v) is 3.28. The van der Waals surface area contributed by atoms with Gasteiger partial charge < -0.3 is 10.0 Å². The Balaban J connectivity index is 1.68. The van der Waals surface area contributed by atoms with Gasteiger partial charge in [-0.05, 0) is 24.1 Å². The summed E-state index contributed by atoms with van der Waals surface area (Å²) in [6.45, 7) is 2.94. The van der Waals surface area contributed by atoms with Crippen molar-refractivity contribution in [2.24, 2.45) is 0 Å². The topological polar surface area (TPSA) is 40.5 Å². The number of halogens is 1. The van der Waals surface area contributed by atoms with Crippen LogP contribution in [-0.2, 0) is 10.5 Å². The van der Waals surface area contributed by atoms with Crippen molar-refractivity contribution in [3.05, 3.63) is 35.6 Å². The van der Waals surface area contributed by atoms with Crippen LogP contribution in [0.3, 0.4) is 0 Å². The van der Waals surface area contributed by atoms with Crippen molar-refractivity contribution in [2.75, 3.05) is 18.8 Å². The quantitative estimate of drug-likeness (QED) is 0.877. The largest absolute Gasteiger partial charge is 0.386 e. The monoisotopic (exact) mass is 297 g/mol. The molecule has 3 nitrogen and oxygen atoms in total. The standard InChI is InChI=1S/C15H20FNO2S/c1-2-7-15(19)10-17(11-15)14(18)9-20-8-12-3-5-13(16)6-4-12/h3-6,19H,2,7-11H2,1H3. The van der Waals surface area contributed by atoms with Gasteiger partial charge in [-0.15, -0.1) is 11.8 Å². The summed E-state index contributed by atoms with van der Waals surface area (Å²) >= 11 is 1.52. The number of hydrogen-bond acceptors (Lipinski definition) is 3. The maximum absolute atomic E-state index is 12.7. The summed E-state index contributed by atoms with van der Waals surface area (Å²) in [6.07, 6.45) is 1.68. The van der Waals surface area contributed by atoms with E-state index in [2.05, 4.69) is 0 Å². The number of β-amino-alcohol motifs (C(OH)–C–C–N with tert-alkyl or cyclic N) is 1. The minimum absolute atomic E-state index is 0.0675. The first-order valence-corrected chi connectivity index (χ1v) is 8.00. The molecule has 1 N–H and O–H groups in total. The summed E-state index contributed by atoms with van der Waals surface area (Å²) in [5.74, 6) is 0.919. The van der Waals surface area contributed by atoms with Crippen molar-refractivity contribution in [3.63, 3.8) is 0 Å². The molecule has 1 aromatic rings. The van der Waals surface area contributed by atoms with Crippen molar-refractivity contribution in [1.29, 1.82) is 0 Å². The van der Waals surface area contributed by atoms with Gasteiger partial charge in [-0.25, -0.2) is 4.39 Å². The average Bonchev–Trinajstić information content (AvgIpc) is 2.38. The third kappa shape index (κ3) is 3.96. The molecule has 1 fully saturated rings. The molecular formula is C15H20FNO2S. The minimum Gasteiger partial charge on any atom is -0.386 e. The SMILES string of the molecule is CCCC1(O)CN(C(=O)CSCc2ccc(F)cc2)C1. The Kier molecular flexibility index (Phi) is 5.05. The number of carbonyl (C=O) groups is 1. The molecule has 20 heavy (non-hydrogen) atoms. The average molecular weight is 297 g/mol. The zero-order valence-corrected chi connectivity index (χ0v) is 12.5. The number of amides is 1. The van der Waals surface area contributed by atoms with Crippen LogP contribution in [0, 0.1) is 5.82 Å². The second kappa shape index (κ2) is 6.59. The van der Waals surface area contributed by atoms with E-state index in [1.54, 1.807) is 17.0 Å². The fourth-order valence-electron chi connectivity index (χ4n) is 2.39. The van der Waals surface area contributed by atoms with Gasteiger partial charge in [0, 0.05) is 5.75 Å². The highest BCUT2D eigenvalue weighted by atomic mass is 32.2. The molecule has 1 aromatic carbocycles. The summed E-state index contributed by atoms with van der Waals surface area (Å²) in [7, 11) is 0. The number of benzene rings is 1. The molecule has 1 aliphatic heterocycles. The van der Waals surface area contributed by atoms with Crippen LogP contribution < -0.4 is 0 Å². The summed E-state index contributed by atoms with van der Waals surface area (Å²) in [5, 5.41) is 10.0. The second-order valence-electron chi connectivity index (χ2n) is 5.34. The lowest BCUT2D eigenvalue weighted by atomic mass is 9.89. The Morgan fingerprint density at radius 2 is 2.05 bits per heavy atom. The van der Waals surface area contributed by atoms with E-state index in [1.807, 2.05) is 6.92 Å². The number of hydrogen-bond donors (Lipinski definition) is 1. The van der Waals surface area contributed by atoms with Gasteiger partial charge in [-0.3, -0.25) is 4.79 Å². The lowest BCUT2D eigenvalue weighted by Crippen LogP contribution is -2.63. The van der Waals surface area contributed by atoms with E-state index in [9.17, 15) is 14.3 Å². The van der Waals surface area contributed by atoms with Gasteiger partial charge in [-0.2, -0.15) is 0 Å². The van der Waals surface area contributed by atoms with E-state index in [-0.39, 0.29) is 11.7 Å². The van der Waals surface area contributed by atoms with Crippen LogP contribution in [0.1, 0.15) is 25.3 Å². The minimum atomic E-state index is -0.661. The number of nitrogens with zero attached hydrogens (tertiary/aromatic N) is 1. The Hall–Kier alpha value is -1.07. The van der Waals surface area contributed by atoms with E-state index in [0.717, 1.165) is 18.4 Å². The van der Waals surface area contributed by atoms with Gasteiger partial charge >= 0.3 is 0 Å². The van der Waals surface area contributed by atoms with Crippen LogP contribution >= 0.6 is 11.8 Å². The first-order valence-electron chi connectivity index (χ1n) is 6.85. The highest BCUT2D eigenvalue weighted by Crippen LogP contribution is 2.26. The number of thioether (sulfide) groups is 1. The smallest absolute Gasteiger partial charge is 0.232 e. The third-order valence-corrected chi connectivity index (χ3v) is 4.43. The van der Waals surface area contributed by atoms with Gasteiger partial charge in [-0.1, -0.05) is 25.5 Å². The van der Waals surface area contributed by atoms with Crippen molar-refractivity contribution < 1.29 is 14.3 Å². The van der Waals surface area contributed by atoms with Gasteiger partial charge in [0.05, 0.1) is 24.4 Å². The maximum atomic E-state index is 12.7. The molecule has 1 aliphatic rings. The van der Waals surface area contributed by atoms with Gasteiger partial charge in [0.15, 0.2) is 0 Å². The van der Waals surface area contributed by atoms with Crippen LogP contribution in [-0.4, -0.2) is 40.4 Å². The Labute approximate surface area is 123 Å². The first kappa shape index (κ1) is 15.3. The molecule has 0 spiro atoms. The molecular weight excluding hydrogens is 277 g/mol. The van der Waals surface area contributed by atoms with Crippen molar-refractivity contribution in [3.8, 4) is 0 Å². The third-order valence-electron chi connectivity index (χ3n) is 3.45. The second-order valence-corrected chi connectivity index (χ2v) is 6.33. The molecule has 0 saturated carbocycles. The van der Waals surface area contributed by atoms with Crippen LogP contribution in [0.25, 0.3) is 0 Å². The lowest BCUT2D eigenvalue weighted by molar-refractivity contribution is -0.153. The molecule has 110 valence electrons. The highest BCUT2D eigenvalue weighted by molar-refractivity contribution is 7.99. The van der Waals surface area contributed by atoms with E-state index in [1.165, 1.54) is 23.9 Å². The number of likely N-dealkylation sites (tertiary alicyclic amines) is 1. The molecule has 1 heterocycles. The summed E-state index contributed by atoms with van der Waals surface area (Å²) in [4.78, 5) is 13.6. The van der Waals surface area contributed by atoms with Crippen LogP contribution in [0.4, 0.5) is 4.39 Å². The van der Waals surface area contributed by atoms with E-state index >= 15 is 0 Å². The first-order chi connectivity index (χ1) is 9.52. The predicted octanol–water partition coefficient (Wildman–Crippen LogP) is 2.43. The maximum Gasteiger partial charge on any atom is 0.232 e. The molecule has 2 rings (SSSR count). The normalized spacial score (nSPS) is 16.9. The molecule has 0 atom stereocenters. The zero-order valence-electron chi connectivity index (χ0n) is 11.6. The predicted molar refractivity (Wildman–Crippen MR) is 79.0 cm³/mol. The molecule has 0 aliphatic carbocycles. The molecule has 1 amide bonds. The molecule has 0 radical (unpaired) electrons.